The van der Waals surface area contributed by atoms with Crippen LogP contribution < -0.4 is 5.73 Å². The fourth-order valence-corrected chi connectivity index (χ4v) is 2.71. The zero-order valence-electron chi connectivity index (χ0n) is 10.8. The van der Waals surface area contributed by atoms with Gasteiger partial charge in [0.1, 0.15) is 0 Å². The number of aromatic nitrogens is 2. The average Bonchev–Trinajstić information content (AvgIpc) is 2.74. The lowest BCUT2D eigenvalue weighted by atomic mass is 9.94. The Morgan fingerprint density at radius 1 is 1.53 bits per heavy atom. The summed E-state index contributed by atoms with van der Waals surface area (Å²) in [4.78, 5) is 2.58. The van der Waals surface area contributed by atoms with Gasteiger partial charge in [0.25, 0.3) is 0 Å². The molecule has 0 spiro atoms. The van der Waals surface area contributed by atoms with Gasteiger partial charge in [-0.2, -0.15) is 5.10 Å². The molecule has 1 saturated heterocycles. The second kappa shape index (κ2) is 6.17. The molecular weight excluding hydrogens is 212 g/mol. The van der Waals surface area contributed by atoms with Crippen LogP contribution in [-0.2, 0) is 13.5 Å². The highest BCUT2D eigenvalue weighted by Crippen LogP contribution is 2.19. The summed E-state index contributed by atoms with van der Waals surface area (Å²) < 4.78 is 1.88. The number of nitrogens with two attached hydrogens (primary N) is 1. The molecule has 1 atom stereocenters. The number of nitrogens with zero attached hydrogens (tertiary/aromatic N) is 3. The molecule has 1 aromatic rings. The monoisotopic (exact) mass is 236 g/mol. The summed E-state index contributed by atoms with van der Waals surface area (Å²) in [6, 6.07) is 0. The minimum atomic E-state index is 0.822. The maximum atomic E-state index is 5.64. The highest BCUT2D eigenvalue weighted by Gasteiger charge is 2.18. The molecule has 2 heterocycles. The molecular formula is C13H24N4. The summed E-state index contributed by atoms with van der Waals surface area (Å²) in [6.45, 7) is 4.48. The van der Waals surface area contributed by atoms with Crippen molar-refractivity contribution in [2.45, 2.75) is 25.7 Å². The highest BCUT2D eigenvalue weighted by atomic mass is 15.2. The third-order valence-electron chi connectivity index (χ3n) is 3.65. The lowest BCUT2D eigenvalue weighted by molar-refractivity contribution is 0.172. The van der Waals surface area contributed by atoms with Crippen molar-refractivity contribution in [1.82, 2.24) is 14.7 Å². The van der Waals surface area contributed by atoms with Gasteiger partial charge < -0.3 is 10.6 Å². The quantitative estimate of drug-likeness (QED) is 0.830. The Kier molecular flexibility index (Phi) is 4.57. The van der Waals surface area contributed by atoms with E-state index in [0.29, 0.717) is 0 Å². The van der Waals surface area contributed by atoms with Gasteiger partial charge in [-0.15, -0.1) is 0 Å². The number of piperidine rings is 1. The largest absolute Gasteiger partial charge is 0.330 e. The Hall–Kier alpha value is -0.870. The van der Waals surface area contributed by atoms with E-state index in [1.165, 1.54) is 37.9 Å². The molecule has 1 aliphatic heterocycles. The van der Waals surface area contributed by atoms with Gasteiger partial charge >= 0.3 is 0 Å². The summed E-state index contributed by atoms with van der Waals surface area (Å²) >= 11 is 0. The Labute approximate surface area is 104 Å². The Morgan fingerprint density at radius 3 is 3.12 bits per heavy atom. The third-order valence-corrected chi connectivity index (χ3v) is 3.65. The molecule has 2 rings (SSSR count). The lowest BCUT2D eigenvalue weighted by Gasteiger charge is -2.32. The van der Waals surface area contributed by atoms with E-state index in [-0.39, 0.29) is 0 Å². The standard InChI is InChI=1S/C13H24N4/c1-16-10-13(9-15-16)5-8-17-7-2-3-12(11-17)4-6-14/h9-10,12H,2-8,11,14H2,1H3. The van der Waals surface area contributed by atoms with E-state index in [4.69, 9.17) is 5.73 Å². The molecule has 2 N–H and O–H groups in total. The van der Waals surface area contributed by atoms with Crippen LogP contribution in [-0.4, -0.2) is 40.9 Å². The van der Waals surface area contributed by atoms with Crippen LogP contribution in [0.1, 0.15) is 24.8 Å². The third kappa shape index (κ3) is 3.82. The topological polar surface area (TPSA) is 47.1 Å². The van der Waals surface area contributed by atoms with Crippen LogP contribution in [0, 0.1) is 5.92 Å². The first kappa shape index (κ1) is 12.6. The zero-order chi connectivity index (χ0) is 12.1. The van der Waals surface area contributed by atoms with E-state index >= 15 is 0 Å². The molecule has 0 radical (unpaired) electrons. The first-order valence-electron chi connectivity index (χ1n) is 6.68. The summed E-state index contributed by atoms with van der Waals surface area (Å²) in [5.74, 6) is 0.822. The molecule has 1 aliphatic rings. The molecule has 1 fully saturated rings. The molecule has 0 amide bonds. The Morgan fingerprint density at radius 2 is 2.41 bits per heavy atom. The summed E-state index contributed by atoms with van der Waals surface area (Å²) in [7, 11) is 1.97. The van der Waals surface area contributed by atoms with Gasteiger partial charge in [0.15, 0.2) is 0 Å². The molecule has 0 bridgehead atoms. The van der Waals surface area contributed by atoms with Crippen molar-refractivity contribution in [3.8, 4) is 0 Å². The van der Waals surface area contributed by atoms with Gasteiger partial charge in [-0.3, -0.25) is 4.68 Å². The van der Waals surface area contributed by atoms with E-state index < -0.39 is 0 Å². The van der Waals surface area contributed by atoms with E-state index in [1.807, 2.05) is 17.9 Å². The normalized spacial score (nSPS) is 21.9. The second-order valence-electron chi connectivity index (χ2n) is 5.16. The number of aryl methyl sites for hydroxylation is 1. The molecule has 0 saturated carbocycles. The van der Waals surface area contributed by atoms with Crippen LogP contribution >= 0.6 is 0 Å². The molecule has 0 aromatic carbocycles. The fourth-order valence-electron chi connectivity index (χ4n) is 2.71. The Balaban J connectivity index is 1.75. The number of rotatable bonds is 5. The van der Waals surface area contributed by atoms with E-state index in [9.17, 15) is 0 Å². The zero-order valence-corrected chi connectivity index (χ0v) is 10.8. The van der Waals surface area contributed by atoms with E-state index in [2.05, 4.69) is 16.2 Å². The van der Waals surface area contributed by atoms with Crippen LogP contribution in [0.5, 0.6) is 0 Å². The van der Waals surface area contributed by atoms with Gasteiger partial charge in [-0.1, -0.05) is 0 Å². The minimum absolute atomic E-state index is 0.822. The van der Waals surface area contributed by atoms with Crippen LogP contribution in [0.2, 0.25) is 0 Å². The SMILES string of the molecule is Cn1cc(CCN2CCCC(CCN)C2)cn1. The van der Waals surface area contributed by atoms with Crippen LogP contribution in [0.15, 0.2) is 12.4 Å². The predicted octanol–water partition coefficient (Wildman–Crippen LogP) is 1.02. The molecule has 1 aromatic heterocycles. The van der Waals surface area contributed by atoms with Crippen molar-refractivity contribution in [2.75, 3.05) is 26.2 Å². The number of hydrogen-bond acceptors (Lipinski definition) is 3. The van der Waals surface area contributed by atoms with Gasteiger partial charge in [-0.25, -0.2) is 0 Å². The average molecular weight is 236 g/mol. The summed E-state index contributed by atoms with van der Waals surface area (Å²) in [6.07, 6.45) is 9.08. The molecule has 0 aliphatic carbocycles. The number of likely N-dealkylation sites (tertiary alicyclic amines) is 1. The summed E-state index contributed by atoms with van der Waals surface area (Å²) in [5, 5.41) is 4.21. The lowest BCUT2D eigenvalue weighted by Crippen LogP contribution is -2.37. The smallest absolute Gasteiger partial charge is 0.0522 e. The van der Waals surface area contributed by atoms with E-state index in [0.717, 1.165) is 25.4 Å². The molecule has 4 heteroatoms. The molecule has 4 nitrogen and oxygen atoms in total. The van der Waals surface area contributed by atoms with Crippen molar-refractivity contribution in [2.24, 2.45) is 18.7 Å². The molecule has 17 heavy (non-hydrogen) atoms. The van der Waals surface area contributed by atoms with Gasteiger partial charge in [0.05, 0.1) is 6.20 Å². The van der Waals surface area contributed by atoms with Gasteiger partial charge in [0, 0.05) is 26.3 Å². The van der Waals surface area contributed by atoms with Gasteiger partial charge in [-0.05, 0) is 50.3 Å². The first-order valence-corrected chi connectivity index (χ1v) is 6.68. The molecule has 96 valence electrons. The fraction of sp³-hybridized carbons (Fsp3) is 0.769. The Bertz CT molecular complexity index is 332. The van der Waals surface area contributed by atoms with Crippen molar-refractivity contribution in [1.29, 1.82) is 0 Å². The van der Waals surface area contributed by atoms with Crippen molar-refractivity contribution >= 4 is 0 Å². The van der Waals surface area contributed by atoms with Crippen LogP contribution in [0.25, 0.3) is 0 Å². The highest BCUT2D eigenvalue weighted by molar-refractivity contribution is 5.04. The first-order chi connectivity index (χ1) is 8.28. The second-order valence-corrected chi connectivity index (χ2v) is 5.16. The van der Waals surface area contributed by atoms with Crippen LogP contribution in [0.4, 0.5) is 0 Å². The van der Waals surface area contributed by atoms with Crippen molar-refractivity contribution in [3.05, 3.63) is 18.0 Å². The maximum absolute atomic E-state index is 5.64. The van der Waals surface area contributed by atoms with E-state index in [1.54, 1.807) is 0 Å². The number of hydrogen-bond donors (Lipinski definition) is 1. The molecule has 1 unspecified atom stereocenters. The van der Waals surface area contributed by atoms with Crippen LogP contribution in [0.3, 0.4) is 0 Å². The minimum Gasteiger partial charge on any atom is -0.330 e. The summed E-state index contributed by atoms with van der Waals surface area (Å²) in [5.41, 5.74) is 6.98. The van der Waals surface area contributed by atoms with Crippen molar-refractivity contribution in [3.63, 3.8) is 0 Å². The maximum Gasteiger partial charge on any atom is 0.0522 e. The van der Waals surface area contributed by atoms with Gasteiger partial charge in [0.2, 0.25) is 0 Å². The predicted molar refractivity (Wildman–Crippen MR) is 69.7 cm³/mol. The van der Waals surface area contributed by atoms with Crippen molar-refractivity contribution < 1.29 is 0 Å².